The number of nitrogens with one attached hydrogen (secondary N) is 1. The van der Waals surface area contributed by atoms with Crippen molar-refractivity contribution in [1.29, 1.82) is 0 Å². The molecule has 1 N–H and O–H groups in total. The molecule has 3 nitrogen and oxygen atoms in total. The number of amides is 1. The molecule has 0 bridgehead atoms. The largest absolute Gasteiger partial charge is 0.413 e. The van der Waals surface area contributed by atoms with Gasteiger partial charge in [0, 0.05) is 5.56 Å². The van der Waals surface area contributed by atoms with E-state index >= 15 is 0 Å². The van der Waals surface area contributed by atoms with Gasteiger partial charge in [-0.3, -0.25) is 0 Å². The fourth-order valence-electron chi connectivity index (χ4n) is 2.89. The quantitative estimate of drug-likeness (QED) is 0.731. The highest BCUT2D eigenvalue weighted by Gasteiger charge is 2.29. The molecule has 108 valence electrons. The first-order valence-electron chi connectivity index (χ1n) is 6.98. The Hall–Kier alpha value is -2.88. The predicted molar refractivity (Wildman–Crippen MR) is 81.4 cm³/mol. The van der Waals surface area contributed by atoms with Gasteiger partial charge < -0.3 is 10.1 Å². The standard InChI is InChI=1S/C18H12FNO2/c19-13-8-5-12(6-9-13)17-16-14-4-2-1-3-11(14)7-10-15(16)22-18(21)20-17/h1-10,17H,(H,20,21)/t17-/m0/s1. The lowest BCUT2D eigenvalue weighted by Gasteiger charge is -2.27. The van der Waals surface area contributed by atoms with Crippen LogP contribution in [0.3, 0.4) is 0 Å². The lowest BCUT2D eigenvalue weighted by molar-refractivity contribution is 0.191. The second-order valence-corrected chi connectivity index (χ2v) is 5.22. The minimum atomic E-state index is -0.503. The van der Waals surface area contributed by atoms with Crippen LogP contribution in [0.2, 0.25) is 0 Å². The van der Waals surface area contributed by atoms with Crippen LogP contribution in [0.4, 0.5) is 9.18 Å². The number of carbonyl (C=O) groups excluding carboxylic acids is 1. The van der Waals surface area contributed by atoms with E-state index in [1.807, 2.05) is 30.3 Å². The second kappa shape index (κ2) is 4.84. The van der Waals surface area contributed by atoms with Crippen molar-refractivity contribution in [1.82, 2.24) is 5.32 Å². The highest BCUT2D eigenvalue weighted by atomic mass is 19.1. The van der Waals surface area contributed by atoms with Crippen LogP contribution >= 0.6 is 0 Å². The van der Waals surface area contributed by atoms with Crippen molar-refractivity contribution in [3.63, 3.8) is 0 Å². The Balaban J connectivity index is 1.97. The van der Waals surface area contributed by atoms with E-state index in [4.69, 9.17) is 4.74 Å². The number of halogens is 1. The normalized spacial score (nSPS) is 16.8. The Labute approximate surface area is 126 Å². The van der Waals surface area contributed by atoms with Crippen LogP contribution in [0.5, 0.6) is 5.75 Å². The maximum Gasteiger partial charge on any atom is 0.413 e. The smallest absolute Gasteiger partial charge is 0.410 e. The molecule has 1 aliphatic rings. The Bertz CT molecular complexity index is 874. The number of hydrogen-bond donors (Lipinski definition) is 1. The zero-order chi connectivity index (χ0) is 15.1. The molecule has 4 rings (SSSR count). The summed E-state index contributed by atoms with van der Waals surface area (Å²) >= 11 is 0. The molecule has 3 aromatic rings. The molecule has 1 atom stereocenters. The molecular weight excluding hydrogens is 281 g/mol. The zero-order valence-electron chi connectivity index (χ0n) is 11.5. The molecule has 1 aliphatic heterocycles. The van der Waals surface area contributed by atoms with Gasteiger partial charge in [0.05, 0.1) is 6.04 Å². The summed E-state index contributed by atoms with van der Waals surface area (Å²) in [5.74, 6) is 0.233. The fourth-order valence-corrected chi connectivity index (χ4v) is 2.89. The summed E-state index contributed by atoms with van der Waals surface area (Å²) < 4.78 is 18.5. The van der Waals surface area contributed by atoms with Crippen LogP contribution in [-0.2, 0) is 0 Å². The average Bonchev–Trinajstić information content (AvgIpc) is 2.54. The maximum absolute atomic E-state index is 13.2. The Kier molecular flexibility index (Phi) is 2.82. The summed E-state index contributed by atoms with van der Waals surface area (Å²) in [5.41, 5.74) is 1.71. The van der Waals surface area contributed by atoms with Gasteiger partial charge in [-0.15, -0.1) is 0 Å². The van der Waals surface area contributed by atoms with Gasteiger partial charge in [-0.1, -0.05) is 42.5 Å². The Morgan fingerprint density at radius 1 is 0.955 bits per heavy atom. The molecule has 4 heteroatoms. The molecule has 22 heavy (non-hydrogen) atoms. The van der Waals surface area contributed by atoms with Gasteiger partial charge in [0.25, 0.3) is 0 Å². The number of rotatable bonds is 1. The summed E-state index contributed by atoms with van der Waals surface area (Å²) in [5, 5.41) is 4.89. The third-order valence-corrected chi connectivity index (χ3v) is 3.89. The lowest BCUT2D eigenvalue weighted by Crippen LogP contribution is -2.36. The van der Waals surface area contributed by atoms with E-state index in [-0.39, 0.29) is 11.9 Å². The summed E-state index contributed by atoms with van der Waals surface area (Å²) in [6, 6.07) is 17.4. The molecule has 0 saturated carbocycles. The molecule has 0 radical (unpaired) electrons. The summed E-state index contributed by atoms with van der Waals surface area (Å²) in [6.45, 7) is 0. The molecule has 0 spiro atoms. The molecule has 1 heterocycles. The van der Waals surface area contributed by atoms with Crippen LogP contribution in [0.15, 0.2) is 60.7 Å². The third kappa shape index (κ3) is 2.00. The van der Waals surface area contributed by atoms with Crippen molar-refractivity contribution in [2.24, 2.45) is 0 Å². The summed E-state index contributed by atoms with van der Waals surface area (Å²) in [6.07, 6.45) is -0.503. The second-order valence-electron chi connectivity index (χ2n) is 5.22. The summed E-state index contributed by atoms with van der Waals surface area (Å²) in [7, 11) is 0. The predicted octanol–water partition coefficient (Wildman–Crippen LogP) is 4.17. The van der Waals surface area contributed by atoms with Gasteiger partial charge in [0.1, 0.15) is 11.6 Å². The number of fused-ring (bicyclic) bond motifs is 3. The number of hydrogen-bond acceptors (Lipinski definition) is 2. The topological polar surface area (TPSA) is 38.3 Å². The monoisotopic (exact) mass is 293 g/mol. The third-order valence-electron chi connectivity index (χ3n) is 3.89. The molecule has 3 aromatic carbocycles. The zero-order valence-corrected chi connectivity index (χ0v) is 11.5. The minimum Gasteiger partial charge on any atom is -0.410 e. The Morgan fingerprint density at radius 2 is 1.73 bits per heavy atom. The van der Waals surface area contributed by atoms with Crippen molar-refractivity contribution in [2.75, 3.05) is 0 Å². The van der Waals surface area contributed by atoms with E-state index < -0.39 is 6.09 Å². The van der Waals surface area contributed by atoms with E-state index in [0.717, 1.165) is 21.9 Å². The van der Waals surface area contributed by atoms with Gasteiger partial charge in [0.15, 0.2) is 0 Å². The van der Waals surface area contributed by atoms with E-state index in [1.165, 1.54) is 12.1 Å². The molecule has 1 amide bonds. The van der Waals surface area contributed by atoms with Crippen LogP contribution < -0.4 is 10.1 Å². The maximum atomic E-state index is 13.2. The molecule has 0 unspecified atom stereocenters. The lowest BCUT2D eigenvalue weighted by atomic mass is 9.92. The van der Waals surface area contributed by atoms with Crippen LogP contribution in [0.25, 0.3) is 10.8 Å². The fraction of sp³-hybridized carbons (Fsp3) is 0.0556. The number of ether oxygens (including phenoxy) is 1. The number of carbonyl (C=O) groups is 1. The first-order valence-corrected chi connectivity index (χ1v) is 6.98. The van der Waals surface area contributed by atoms with Crippen molar-refractivity contribution < 1.29 is 13.9 Å². The Morgan fingerprint density at radius 3 is 2.55 bits per heavy atom. The van der Waals surface area contributed by atoms with E-state index in [1.54, 1.807) is 18.2 Å². The molecule has 0 aromatic heterocycles. The van der Waals surface area contributed by atoms with Gasteiger partial charge in [-0.05, 0) is 34.5 Å². The SMILES string of the molecule is O=C1N[C@@H](c2ccc(F)cc2)c2c(ccc3ccccc23)O1. The molecule has 0 saturated heterocycles. The van der Waals surface area contributed by atoms with Crippen molar-refractivity contribution in [3.05, 3.63) is 77.6 Å². The van der Waals surface area contributed by atoms with E-state index in [0.29, 0.717) is 5.75 Å². The van der Waals surface area contributed by atoms with Gasteiger partial charge in [-0.2, -0.15) is 0 Å². The van der Waals surface area contributed by atoms with E-state index in [9.17, 15) is 9.18 Å². The number of benzene rings is 3. The van der Waals surface area contributed by atoms with Gasteiger partial charge in [-0.25, -0.2) is 9.18 Å². The van der Waals surface area contributed by atoms with Crippen LogP contribution in [0, 0.1) is 5.82 Å². The van der Waals surface area contributed by atoms with Crippen molar-refractivity contribution in [2.45, 2.75) is 6.04 Å². The minimum absolute atomic E-state index is 0.305. The van der Waals surface area contributed by atoms with Crippen LogP contribution in [0.1, 0.15) is 17.2 Å². The average molecular weight is 293 g/mol. The highest BCUT2D eigenvalue weighted by molar-refractivity contribution is 5.91. The van der Waals surface area contributed by atoms with Gasteiger partial charge >= 0.3 is 6.09 Å². The van der Waals surface area contributed by atoms with Gasteiger partial charge in [0.2, 0.25) is 0 Å². The molecular formula is C18H12FNO2. The summed E-state index contributed by atoms with van der Waals surface area (Å²) in [4.78, 5) is 11.8. The first kappa shape index (κ1) is 12.8. The first-order chi connectivity index (χ1) is 10.7. The molecule has 0 aliphatic carbocycles. The van der Waals surface area contributed by atoms with E-state index in [2.05, 4.69) is 5.32 Å². The highest BCUT2D eigenvalue weighted by Crippen LogP contribution is 2.38. The van der Waals surface area contributed by atoms with Crippen molar-refractivity contribution in [3.8, 4) is 5.75 Å². The van der Waals surface area contributed by atoms with Crippen molar-refractivity contribution >= 4 is 16.9 Å². The van der Waals surface area contributed by atoms with Crippen LogP contribution in [-0.4, -0.2) is 6.09 Å². The molecule has 0 fully saturated rings.